The topological polar surface area (TPSA) is 17.4 Å². The highest BCUT2D eigenvalue weighted by Gasteiger charge is 2.46. The van der Waals surface area contributed by atoms with Gasteiger partial charge < -0.3 is 14.2 Å². The van der Waals surface area contributed by atoms with Crippen LogP contribution in [0.25, 0.3) is 61.9 Å². The molecule has 12 aromatic rings. The molecule has 1 aliphatic carbocycles. The molecular weight excluding hydrogens is 933 g/mol. The van der Waals surface area contributed by atoms with Gasteiger partial charge in [0.1, 0.15) is 11.5 Å². The molecular formula is C74H56N2O. The Balaban J connectivity index is 0.943. The Morgan fingerprint density at radius 3 is 1.62 bits per heavy atom. The predicted octanol–water partition coefficient (Wildman–Crippen LogP) is 19.7. The minimum atomic E-state index is -0.636. The van der Waals surface area contributed by atoms with Crippen LogP contribution in [0, 0.1) is 0 Å². The standard InChI is InChI=1S/C74H56N2O/c1-5-51-25-36-61(37-26-51)76-71-24-16-14-22-67(71)68-49-54(31-48-72(68)76)53-29-38-59(39-30-53)75(60-40-32-56(33-41-60)73(3,4)55-17-9-7-10-18-55)62-42-47-66-65-21-13-15-23-69(65)74(70(66)50-62,57-19-11-8-12-20-57)58-34-45-64(46-35-58)77-63-43-27-52(6-2)28-44-63/h5-50H,1-2H2,3-4H3. The van der Waals surface area contributed by atoms with Gasteiger partial charge in [0.05, 0.1) is 16.4 Å². The van der Waals surface area contributed by atoms with E-state index in [0.717, 1.165) is 62.1 Å². The molecule has 1 atom stereocenters. The zero-order valence-corrected chi connectivity index (χ0v) is 43.3. The van der Waals surface area contributed by atoms with Gasteiger partial charge in [0, 0.05) is 38.9 Å². The predicted molar refractivity (Wildman–Crippen MR) is 323 cm³/mol. The molecule has 0 saturated carbocycles. The first-order valence-corrected chi connectivity index (χ1v) is 26.5. The van der Waals surface area contributed by atoms with Gasteiger partial charge in [-0.1, -0.05) is 215 Å². The Labute approximate surface area is 451 Å². The Hall–Kier alpha value is -9.70. The first-order chi connectivity index (χ1) is 37.8. The van der Waals surface area contributed by atoms with Crippen molar-refractivity contribution in [3.05, 3.63) is 325 Å². The van der Waals surface area contributed by atoms with Crippen molar-refractivity contribution < 1.29 is 4.74 Å². The van der Waals surface area contributed by atoms with Gasteiger partial charge in [-0.05, 0) is 158 Å². The molecule has 0 spiro atoms. The Morgan fingerprint density at radius 2 is 0.935 bits per heavy atom. The van der Waals surface area contributed by atoms with E-state index in [1.807, 2.05) is 36.4 Å². The largest absolute Gasteiger partial charge is 0.457 e. The van der Waals surface area contributed by atoms with Crippen molar-refractivity contribution in [3.8, 4) is 39.4 Å². The normalized spacial score (nSPS) is 13.7. The van der Waals surface area contributed by atoms with Crippen molar-refractivity contribution >= 4 is 51.0 Å². The summed E-state index contributed by atoms with van der Waals surface area (Å²) in [5.41, 5.74) is 20.1. The summed E-state index contributed by atoms with van der Waals surface area (Å²) in [6.45, 7) is 12.5. The zero-order chi connectivity index (χ0) is 52.1. The van der Waals surface area contributed by atoms with Gasteiger partial charge in [-0.2, -0.15) is 0 Å². The van der Waals surface area contributed by atoms with Crippen LogP contribution >= 0.6 is 0 Å². The summed E-state index contributed by atoms with van der Waals surface area (Å²) < 4.78 is 8.79. The van der Waals surface area contributed by atoms with Crippen molar-refractivity contribution in [3.63, 3.8) is 0 Å². The molecule has 0 amide bonds. The first kappa shape index (κ1) is 47.0. The summed E-state index contributed by atoms with van der Waals surface area (Å²) in [7, 11) is 0. The highest BCUT2D eigenvalue weighted by Crippen LogP contribution is 2.57. The van der Waals surface area contributed by atoms with Gasteiger partial charge >= 0.3 is 0 Å². The average Bonchev–Trinajstić information content (AvgIpc) is 4.23. The molecule has 0 aliphatic heterocycles. The minimum Gasteiger partial charge on any atom is -0.457 e. The van der Waals surface area contributed by atoms with Crippen molar-refractivity contribution in [2.45, 2.75) is 24.7 Å². The molecule has 3 nitrogen and oxygen atoms in total. The molecule has 77 heavy (non-hydrogen) atoms. The highest BCUT2D eigenvalue weighted by molar-refractivity contribution is 6.10. The molecule has 1 heterocycles. The summed E-state index contributed by atoms with van der Waals surface area (Å²) in [6, 6.07) is 97.1. The molecule has 0 fully saturated rings. The van der Waals surface area contributed by atoms with E-state index in [0.29, 0.717) is 0 Å². The third-order valence-electron chi connectivity index (χ3n) is 16.0. The molecule has 1 aliphatic rings. The number of nitrogens with zero attached hydrogens (tertiary/aromatic N) is 2. The van der Waals surface area contributed by atoms with Crippen LogP contribution in [-0.4, -0.2) is 4.57 Å². The fourth-order valence-corrected chi connectivity index (χ4v) is 12.0. The van der Waals surface area contributed by atoms with Gasteiger partial charge in [-0.3, -0.25) is 0 Å². The van der Waals surface area contributed by atoms with E-state index in [2.05, 4.69) is 279 Å². The molecule has 13 rings (SSSR count). The van der Waals surface area contributed by atoms with Gasteiger partial charge in [-0.25, -0.2) is 0 Å². The van der Waals surface area contributed by atoms with E-state index in [4.69, 9.17) is 4.74 Å². The fraction of sp³-hybridized carbons (Fsp3) is 0.0541. The lowest BCUT2D eigenvalue weighted by Crippen LogP contribution is -2.28. The number of aromatic nitrogens is 1. The number of para-hydroxylation sites is 1. The summed E-state index contributed by atoms with van der Waals surface area (Å²) in [4.78, 5) is 2.42. The lowest BCUT2D eigenvalue weighted by atomic mass is 9.67. The van der Waals surface area contributed by atoms with Crippen LogP contribution < -0.4 is 9.64 Å². The molecule has 1 unspecified atom stereocenters. The molecule has 0 radical (unpaired) electrons. The van der Waals surface area contributed by atoms with Gasteiger partial charge in [-0.15, -0.1) is 0 Å². The number of fused-ring (bicyclic) bond motifs is 6. The maximum atomic E-state index is 6.43. The van der Waals surface area contributed by atoms with Crippen molar-refractivity contribution in [1.82, 2.24) is 4.57 Å². The fourth-order valence-electron chi connectivity index (χ4n) is 12.0. The first-order valence-electron chi connectivity index (χ1n) is 26.5. The number of hydrogen-bond donors (Lipinski definition) is 0. The number of hydrogen-bond acceptors (Lipinski definition) is 2. The third kappa shape index (κ3) is 8.07. The van der Waals surface area contributed by atoms with Crippen LogP contribution in [0.3, 0.4) is 0 Å². The molecule has 3 heteroatoms. The second-order valence-electron chi connectivity index (χ2n) is 20.6. The quantitative estimate of drug-likeness (QED) is 0.115. The average molecular weight is 989 g/mol. The molecule has 0 saturated heterocycles. The van der Waals surface area contributed by atoms with Crippen LogP contribution in [0.5, 0.6) is 11.5 Å². The SMILES string of the molecule is C=Cc1ccc(Oc2ccc(C3(c4ccccc4)c4ccccc4-c4ccc(N(c5ccc(-c6ccc7c(c6)c6ccccc6n7-c6ccc(C=C)cc6)cc5)c5ccc(C(C)(C)c6ccccc6)cc5)cc43)cc2)cc1. The molecule has 11 aromatic carbocycles. The van der Waals surface area contributed by atoms with Crippen LogP contribution in [-0.2, 0) is 10.8 Å². The third-order valence-corrected chi connectivity index (χ3v) is 16.0. The zero-order valence-electron chi connectivity index (χ0n) is 43.3. The molecule has 1 aromatic heterocycles. The Morgan fingerprint density at radius 1 is 0.416 bits per heavy atom. The van der Waals surface area contributed by atoms with Gasteiger partial charge in [0.25, 0.3) is 0 Å². The second-order valence-corrected chi connectivity index (χ2v) is 20.6. The minimum absolute atomic E-state index is 0.193. The van der Waals surface area contributed by atoms with Crippen molar-refractivity contribution in [2.24, 2.45) is 0 Å². The number of anilines is 3. The number of rotatable bonds is 13. The van der Waals surface area contributed by atoms with E-state index in [1.54, 1.807) is 0 Å². The summed E-state index contributed by atoms with van der Waals surface area (Å²) >= 11 is 0. The van der Waals surface area contributed by atoms with Gasteiger partial charge in [0.2, 0.25) is 0 Å². The van der Waals surface area contributed by atoms with Crippen molar-refractivity contribution in [1.29, 1.82) is 0 Å². The molecule has 0 N–H and O–H groups in total. The Kier molecular flexibility index (Phi) is 11.7. The van der Waals surface area contributed by atoms with E-state index in [1.165, 1.54) is 60.8 Å². The lowest BCUT2D eigenvalue weighted by molar-refractivity contribution is 0.482. The van der Waals surface area contributed by atoms with E-state index >= 15 is 0 Å². The lowest BCUT2D eigenvalue weighted by Gasteiger charge is -2.35. The maximum absolute atomic E-state index is 6.43. The van der Waals surface area contributed by atoms with E-state index in [-0.39, 0.29) is 5.41 Å². The summed E-state index contributed by atoms with van der Waals surface area (Å²) in [5, 5.41) is 2.44. The monoisotopic (exact) mass is 988 g/mol. The Bertz CT molecular complexity index is 4130. The van der Waals surface area contributed by atoms with Crippen LogP contribution in [0.1, 0.15) is 58.4 Å². The van der Waals surface area contributed by atoms with Crippen molar-refractivity contribution in [2.75, 3.05) is 4.90 Å². The van der Waals surface area contributed by atoms with Gasteiger partial charge in [0.15, 0.2) is 0 Å². The summed E-state index contributed by atoms with van der Waals surface area (Å²) in [5.74, 6) is 1.56. The smallest absolute Gasteiger partial charge is 0.127 e. The van der Waals surface area contributed by atoms with E-state index in [9.17, 15) is 0 Å². The maximum Gasteiger partial charge on any atom is 0.127 e. The number of benzene rings is 11. The second kappa shape index (κ2) is 19.2. The molecule has 0 bridgehead atoms. The molecule has 368 valence electrons. The highest BCUT2D eigenvalue weighted by atomic mass is 16.5. The summed E-state index contributed by atoms with van der Waals surface area (Å²) in [6.07, 6.45) is 3.73. The van der Waals surface area contributed by atoms with E-state index < -0.39 is 5.41 Å². The van der Waals surface area contributed by atoms with Crippen LogP contribution in [0.2, 0.25) is 0 Å². The van der Waals surface area contributed by atoms with Crippen LogP contribution in [0.15, 0.2) is 280 Å². The van der Waals surface area contributed by atoms with Crippen LogP contribution in [0.4, 0.5) is 17.1 Å². The number of ether oxygens (including phenoxy) is 1.